The molecule has 0 spiro atoms. The van der Waals surface area contributed by atoms with Crippen molar-refractivity contribution < 1.29 is 26.3 Å². The molecule has 4 nitrogen and oxygen atoms in total. The zero-order valence-electron chi connectivity index (χ0n) is 13.2. The second-order valence-corrected chi connectivity index (χ2v) is 5.76. The predicted molar refractivity (Wildman–Crippen MR) is 89.5 cm³/mol. The number of rotatable bonds is 7. The maximum Gasteiger partial charge on any atom is 0.265 e. The quantitative estimate of drug-likeness (QED) is 0.417. The van der Waals surface area contributed by atoms with Gasteiger partial charge < -0.3 is 21.7 Å². The van der Waals surface area contributed by atoms with Gasteiger partial charge in [0, 0.05) is 16.5 Å². The van der Waals surface area contributed by atoms with E-state index in [1.165, 1.54) is 5.56 Å². The van der Waals surface area contributed by atoms with Crippen LogP contribution in [0.4, 0.5) is 0 Å². The van der Waals surface area contributed by atoms with Crippen molar-refractivity contribution in [1.29, 1.82) is 0 Å². The maximum atomic E-state index is 5.90. The van der Waals surface area contributed by atoms with Crippen molar-refractivity contribution in [3.63, 3.8) is 0 Å². The van der Waals surface area contributed by atoms with Crippen LogP contribution in [0.15, 0.2) is 67.3 Å². The van der Waals surface area contributed by atoms with Gasteiger partial charge in [-0.15, -0.1) is 4.68 Å². The number of halogens is 2. The Kier molecular flexibility index (Phi) is 7.28. The zero-order chi connectivity index (χ0) is 15.9. The third kappa shape index (κ3) is 5.65. The molecule has 24 heavy (non-hydrogen) atoms. The molecule has 3 rings (SSSR count). The van der Waals surface area contributed by atoms with Crippen molar-refractivity contribution >= 4 is 11.6 Å². The highest BCUT2D eigenvalue weighted by Crippen LogP contribution is 2.10. The zero-order valence-corrected chi connectivity index (χ0v) is 15.5. The maximum absolute atomic E-state index is 5.90. The third-order valence-corrected chi connectivity index (χ3v) is 3.71. The Hall–Kier alpha value is -1.85. The highest BCUT2D eigenvalue weighted by Gasteiger charge is 2.06. The Morgan fingerprint density at radius 1 is 1.04 bits per heavy atom. The first-order valence-corrected chi connectivity index (χ1v) is 8.01. The highest BCUT2D eigenvalue weighted by atomic mass is 79.9. The van der Waals surface area contributed by atoms with E-state index >= 15 is 0 Å². The number of ether oxygens (including phenoxy) is 1. The molecule has 0 amide bonds. The van der Waals surface area contributed by atoms with E-state index in [9.17, 15) is 0 Å². The molecule has 126 valence electrons. The van der Waals surface area contributed by atoms with Crippen molar-refractivity contribution in [3.8, 4) is 5.75 Å². The highest BCUT2D eigenvalue weighted by molar-refractivity contribution is 6.30. The van der Waals surface area contributed by atoms with Gasteiger partial charge in [-0.3, -0.25) is 0 Å². The van der Waals surface area contributed by atoms with Crippen LogP contribution in [0.5, 0.6) is 5.75 Å². The number of hydrogen-bond donors (Lipinski definition) is 0. The molecular weight excluding hydrogens is 390 g/mol. The summed E-state index contributed by atoms with van der Waals surface area (Å²) in [6, 6.07) is 17.7. The van der Waals surface area contributed by atoms with E-state index in [2.05, 4.69) is 9.67 Å². The first kappa shape index (κ1) is 18.5. The van der Waals surface area contributed by atoms with Gasteiger partial charge in [0.2, 0.25) is 6.33 Å². The lowest BCUT2D eigenvalue weighted by molar-refractivity contribution is -0.698. The molecule has 0 fully saturated rings. The molecule has 3 aromatic rings. The molecule has 2 aromatic carbocycles. The van der Waals surface area contributed by atoms with Crippen LogP contribution in [0, 0.1) is 0 Å². The van der Waals surface area contributed by atoms with Gasteiger partial charge in [-0.2, -0.15) is 0 Å². The fourth-order valence-electron chi connectivity index (χ4n) is 2.29. The van der Waals surface area contributed by atoms with Crippen molar-refractivity contribution in [2.24, 2.45) is 0 Å². The minimum absolute atomic E-state index is 0. The SMILES string of the molecule is Clc1ccc(Cn2c[n+](CCCOc3ccccc3)cn2)cc1.[Br-]. The summed E-state index contributed by atoms with van der Waals surface area (Å²) < 4.78 is 9.68. The van der Waals surface area contributed by atoms with Gasteiger partial charge in [-0.25, -0.2) is 4.57 Å². The Balaban J connectivity index is 0.00000208. The lowest BCUT2D eigenvalue weighted by Crippen LogP contribution is -3.00. The van der Waals surface area contributed by atoms with Gasteiger partial charge in [0.05, 0.1) is 13.2 Å². The molecule has 0 unspecified atom stereocenters. The minimum atomic E-state index is 0. The number of aromatic nitrogens is 3. The monoisotopic (exact) mass is 407 g/mol. The molecule has 0 bridgehead atoms. The standard InChI is InChI=1S/C18H19ClN3O.BrH/c19-17-9-7-16(8-10-17)13-22-15-21(14-20-22)11-4-12-23-18-5-2-1-3-6-18;/h1-3,5-10,14-15H,4,11-13H2;1H/q+1;/p-1. The van der Waals surface area contributed by atoms with Crippen LogP contribution in [-0.4, -0.2) is 16.4 Å². The second kappa shape index (κ2) is 9.45. The third-order valence-electron chi connectivity index (χ3n) is 3.46. The number of nitrogens with zero attached hydrogens (tertiary/aromatic N) is 3. The van der Waals surface area contributed by atoms with Gasteiger partial charge in [0.15, 0.2) is 0 Å². The van der Waals surface area contributed by atoms with E-state index in [4.69, 9.17) is 16.3 Å². The van der Waals surface area contributed by atoms with E-state index in [-0.39, 0.29) is 17.0 Å². The lowest BCUT2D eigenvalue weighted by atomic mass is 10.2. The largest absolute Gasteiger partial charge is 1.00 e. The smallest absolute Gasteiger partial charge is 0.265 e. The van der Waals surface area contributed by atoms with E-state index in [1.54, 1.807) is 0 Å². The summed E-state index contributed by atoms with van der Waals surface area (Å²) in [5, 5.41) is 5.13. The Morgan fingerprint density at radius 3 is 2.54 bits per heavy atom. The average Bonchev–Trinajstić information content (AvgIpc) is 3.02. The lowest BCUT2D eigenvalue weighted by Gasteiger charge is -2.04. The first-order valence-electron chi connectivity index (χ1n) is 7.63. The molecule has 1 aromatic heterocycles. The number of hydrogen-bond acceptors (Lipinski definition) is 2. The van der Waals surface area contributed by atoms with Crippen LogP contribution in [0.1, 0.15) is 12.0 Å². The summed E-state index contributed by atoms with van der Waals surface area (Å²) in [7, 11) is 0. The van der Waals surface area contributed by atoms with E-state index in [1.807, 2.05) is 71.9 Å². The molecule has 0 aliphatic heterocycles. The van der Waals surface area contributed by atoms with E-state index in [0.717, 1.165) is 30.3 Å². The van der Waals surface area contributed by atoms with Crippen LogP contribution in [0.3, 0.4) is 0 Å². The van der Waals surface area contributed by atoms with Gasteiger partial charge in [-0.05, 0) is 29.8 Å². The number of benzene rings is 2. The predicted octanol–water partition coefficient (Wildman–Crippen LogP) is 0.345. The summed E-state index contributed by atoms with van der Waals surface area (Å²) in [6.45, 7) is 2.32. The molecule has 0 atom stereocenters. The molecule has 0 saturated heterocycles. The number of para-hydroxylation sites is 1. The molecular formula is C18H19BrClN3O. The van der Waals surface area contributed by atoms with Crippen molar-refractivity contribution in [1.82, 2.24) is 9.78 Å². The van der Waals surface area contributed by atoms with Crippen LogP contribution >= 0.6 is 11.6 Å². The second-order valence-electron chi connectivity index (χ2n) is 5.32. The topological polar surface area (TPSA) is 30.9 Å². The van der Waals surface area contributed by atoms with Crippen LogP contribution in [0.2, 0.25) is 5.02 Å². The van der Waals surface area contributed by atoms with Gasteiger partial charge in [-0.1, -0.05) is 41.9 Å². The van der Waals surface area contributed by atoms with Crippen LogP contribution < -0.4 is 26.3 Å². The van der Waals surface area contributed by atoms with Gasteiger partial charge >= 0.3 is 0 Å². The summed E-state index contributed by atoms with van der Waals surface area (Å²) in [6.07, 6.45) is 4.79. The molecule has 0 radical (unpaired) electrons. The van der Waals surface area contributed by atoms with E-state index in [0.29, 0.717) is 6.61 Å². The fourth-order valence-corrected chi connectivity index (χ4v) is 2.42. The van der Waals surface area contributed by atoms with Crippen molar-refractivity contribution in [3.05, 3.63) is 77.8 Å². The molecule has 1 heterocycles. The van der Waals surface area contributed by atoms with Crippen LogP contribution in [0.25, 0.3) is 0 Å². The Morgan fingerprint density at radius 2 is 1.79 bits per heavy atom. The Bertz CT molecular complexity index is 732. The van der Waals surface area contributed by atoms with E-state index < -0.39 is 0 Å². The first-order chi connectivity index (χ1) is 11.3. The van der Waals surface area contributed by atoms with Gasteiger partial charge in [0.25, 0.3) is 6.33 Å². The summed E-state index contributed by atoms with van der Waals surface area (Å²) in [5.41, 5.74) is 1.18. The Labute approximate surface area is 157 Å². The summed E-state index contributed by atoms with van der Waals surface area (Å²) >= 11 is 5.90. The number of aryl methyl sites for hydroxylation is 1. The fraction of sp³-hybridized carbons (Fsp3) is 0.222. The molecule has 0 aliphatic rings. The van der Waals surface area contributed by atoms with Gasteiger partial charge in [0.1, 0.15) is 12.3 Å². The van der Waals surface area contributed by atoms with Crippen LogP contribution in [-0.2, 0) is 13.1 Å². The van der Waals surface area contributed by atoms with Crippen molar-refractivity contribution in [2.45, 2.75) is 19.5 Å². The molecule has 6 heteroatoms. The van der Waals surface area contributed by atoms with Crippen molar-refractivity contribution in [2.75, 3.05) is 6.61 Å². The molecule has 0 aliphatic carbocycles. The molecule has 0 N–H and O–H groups in total. The normalized spacial score (nSPS) is 10.2. The average molecular weight is 409 g/mol. The molecule has 0 saturated carbocycles. The summed E-state index contributed by atoms with van der Waals surface area (Å²) in [5.74, 6) is 0.913. The minimum Gasteiger partial charge on any atom is -1.00 e. The summed E-state index contributed by atoms with van der Waals surface area (Å²) in [4.78, 5) is 0.